The van der Waals surface area contributed by atoms with Crippen LogP contribution in [-0.2, 0) is 6.54 Å². The van der Waals surface area contributed by atoms with Crippen molar-refractivity contribution in [1.29, 1.82) is 5.26 Å². The first kappa shape index (κ1) is 18.3. The highest BCUT2D eigenvalue weighted by atomic mass is 16.4. The SMILES string of the molecule is Cc1[nH]c(=O)c(C#N)cc1C(=O)N1CCCC(Cn2cc(C(=O)O)nn2)C1. The number of nitriles is 1. The Morgan fingerprint density at radius 2 is 2.26 bits per heavy atom. The minimum absolute atomic E-state index is 0.0960. The summed E-state index contributed by atoms with van der Waals surface area (Å²) in [5.41, 5.74) is 0.00525. The molecule has 0 bridgehead atoms. The molecular weight excluding hydrogens is 352 g/mol. The second-order valence-electron chi connectivity index (χ2n) is 6.55. The second-order valence-corrected chi connectivity index (χ2v) is 6.55. The number of carboxylic acid groups (broad SMARTS) is 1. The zero-order chi connectivity index (χ0) is 19.6. The van der Waals surface area contributed by atoms with E-state index in [-0.39, 0.29) is 23.1 Å². The number of nitrogens with zero attached hydrogens (tertiary/aromatic N) is 5. The van der Waals surface area contributed by atoms with Gasteiger partial charge in [0.05, 0.1) is 11.8 Å². The number of H-pyrrole nitrogens is 1. The minimum Gasteiger partial charge on any atom is -0.476 e. The Hall–Kier alpha value is -3.48. The Balaban J connectivity index is 1.74. The van der Waals surface area contributed by atoms with Gasteiger partial charge in [0.15, 0.2) is 5.69 Å². The molecular formula is C17H18N6O4. The van der Waals surface area contributed by atoms with Crippen molar-refractivity contribution in [3.8, 4) is 6.07 Å². The fourth-order valence-corrected chi connectivity index (χ4v) is 3.25. The van der Waals surface area contributed by atoms with Crippen LogP contribution >= 0.6 is 0 Å². The number of nitrogens with one attached hydrogen (secondary N) is 1. The molecule has 2 N–H and O–H groups in total. The monoisotopic (exact) mass is 370 g/mol. The van der Waals surface area contributed by atoms with Gasteiger partial charge in [-0.1, -0.05) is 5.21 Å². The lowest BCUT2D eigenvalue weighted by atomic mass is 9.97. The van der Waals surface area contributed by atoms with Gasteiger partial charge in [-0.05, 0) is 31.7 Å². The van der Waals surface area contributed by atoms with Crippen molar-refractivity contribution < 1.29 is 14.7 Å². The highest BCUT2D eigenvalue weighted by molar-refractivity contribution is 5.95. The molecule has 10 heteroatoms. The molecule has 0 radical (unpaired) electrons. The highest BCUT2D eigenvalue weighted by Gasteiger charge is 2.27. The molecule has 1 unspecified atom stereocenters. The first-order valence-corrected chi connectivity index (χ1v) is 8.45. The van der Waals surface area contributed by atoms with Gasteiger partial charge in [-0.2, -0.15) is 5.26 Å². The number of aryl methyl sites for hydroxylation is 1. The number of hydrogen-bond acceptors (Lipinski definition) is 6. The van der Waals surface area contributed by atoms with Crippen LogP contribution in [0, 0.1) is 24.2 Å². The third-order valence-corrected chi connectivity index (χ3v) is 4.60. The van der Waals surface area contributed by atoms with Crippen LogP contribution in [0.15, 0.2) is 17.1 Å². The number of aromatic amines is 1. The van der Waals surface area contributed by atoms with Gasteiger partial charge < -0.3 is 15.0 Å². The number of hydrogen-bond donors (Lipinski definition) is 2. The number of aromatic nitrogens is 4. The van der Waals surface area contributed by atoms with Gasteiger partial charge >= 0.3 is 5.97 Å². The molecule has 140 valence electrons. The van der Waals surface area contributed by atoms with Crippen LogP contribution in [0.2, 0.25) is 0 Å². The maximum atomic E-state index is 12.9. The van der Waals surface area contributed by atoms with E-state index in [1.54, 1.807) is 17.9 Å². The number of carbonyl (C=O) groups is 2. The first-order chi connectivity index (χ1) is 12.9. The molecule has 2 aromatic heterocycles. The third-order valence-electron chi connectivity index (χ3n) is 4.60. The lowest BCUT2D eigenvalue weighted by Crippen LogP contribution is -2.41. The van der Waals surface area contributed by atoms with E-state index in [0.717, 1.165) is 12.8 Å². The molecule has 1 fully saturated rings. The molecule has 3 rings (SSSR count). The van der Waals surface area contributed by atoms with E-state index in [9.17, 15) is 14.4 Å². The van der Waals surface area contributed by atoms with Gasteiger partial charge in [0, 0.05) is 25.3 Å². The molecule has 10 nitrogen and oxygen atoms in total. The average molecular weight is 370 g/mol. The number of amides is 1. The Labute approximate surface area is 154 Å². The summed E-state index contributed by atoms with van der Waals surface area (Å²) >= 11 is 0. The lowest BCUT2D eigenvalue weighted by Gasteiger charge is -2.33. The molecule has 0 aliphatic carbocycles. The van der Waals surface area contributed by atoms with Crippen LogP contribution in [0.5, 0.6) is 0 Å². The predicted octanol–water partition coefficient (Wildman–Crippen LogP) is 0.397. The van der Waals surface area contributed by atoms with E-state index in [2.05, 4.69) is 15.3 Å². The van der Waals surface area contributed by atoms with Crippen molar-refractivity contribution >= 4 is 11.9 Å². The van der Waals surface area contributed by atoms with Gasteiger partial charge in [-0.25, -0.2) is 4.79 Å². The second kappa shape index (κ2) is 7.41. The van der Waals surface area contributed by atoms with Crippen molar-refractivity contribution in [2.24, 2.45) is 5.92 Å². The molecule has 1 amide bonds. The van der Waals surface area contributed by atoms with E-state index in [1.165, 1.54) is 16.9 Å². The average Bonchev–Trinajstić information content (AvgIpc) is 3.10. The van der Waals surface area contributed by atoms with Gasteiger partial charge in [0.1, 0.15) is 11.6 Å². The summed E-state index contributed by atoms with van der Waals surface area (Å²) in [5.74, 6) is -1.28. The largest absolute Gasteiger partial charge is 0.476 e. The summed E-state index contributed by atoms with van der Waals surface area (Å²) in [6.45, 7) is 3.13. The van der Waals surface area contributed by atoms with Crippen LogP contribution in [0.4, 0.5) is 0 Å². The maximum Gasteiger partial charge on any atom is 0.358 e. The van der Waals surface area contributed by atoms with E-state index in [4.69, 9.17) is 10.4 Å². The van der Waals surface area contributed by atoms with Crippen LogP contribution < -0.4 is 5.56 Å². The Morgan fingerprint density at radius 3 is 2.93 bits per heavy atom. The number of pyridine rings is 1. The number of aromatic carboxylic acids is 1. The van der Waals surface area contributed by atoms with Crippen LogP contribution in [0.3, 0.4) is 0 Å². The van der Waals surface area contributed by atoms with E-state index < -0.39 is 11.5 Å². The van der Waals surface area contributed by atoms with Crippen LogP contribution in [0.25, 0.3) is 0 Å². The molecule has 3 heterocycles. The first-order valence-electron chi connectivity index (χ1n) is 8.45. The number of piperidine rings is 1. The number of likely N-dealkylation sites (tertiary alicyclic amines) is 1. The van der Waals surface area contributed by atoms with Crippen LogP contribution in [0.1, 0.15) is 44.9 Å². The van der Waals surface area contributed by atoms with E-state index >= 15 is 0 Å². The molecule has 0 saturated carbocycles. The zero-order valence-corrected chi connectivity index (χ0v) is 14.7. The summed E-state index contributed by atoms with van der Waals surface area (Å²) in [4.78, 5) is 39.7. The third kappa shape index (κ3) is 3.87. The smallest absolute Gasteiger partial charge is 0.358 e. The molecule has 1 saturated heterocycles. The fourth-order valence-electron chi connectivity index (χ4n) is 3.25. The molecule has 27 heavy (non-hydrogen) atoms. The minimum atomic E-state index is -1.14. The topological polar surface area (TPSA) is 145 Å². The summed E-state index contributed by atoms with van der Waals surface area (Å²) in [5, 5.41) is 25.3. The fraction of sp³-hybridized carbons (Fsp3) is 0.412. The number of carbonyl (C=O) groups excluding carboxylic acids is 1. The Morgan fingerprint density at radius 1 is 1.48 bits per heavy atom. The van der Waals surface area contributed by atoms with Crippen molar-refractivity contribution in [1.82, 2.24) is 24.9 Å². The standard InChI is InChI=1S/C17H18N6O4/c1-10-13(5-12(6-18)15(24)19-10)16(25)22-4-2-3-11(7-22)8-23-9-14(17(26)27)20-21-23/h5,9,11H,2-4,7-8H2,1H3,(H,19,24)(H,26,27). The summed E-state index contributed by atoms with van der Waals surface area (Å²) in [7, 11) is 0. The normalized spacial score (nSPS) is 16.7. The van der Waals surface area contributed by atoms with Crippen molar-refractivity contribution in [3.63, 3.8) is 0 Å². The molecule has 2 aromatic rings. The van der Waals surface area contributed by atoms with Gasteiger partial charge in [-0.15, -0.1) is 5.10 Å². The van der Waals surface area contributed by atoms with Crippen molar-refractivity contribution in [2.75, 3.05) is 13.1 Å². The Bertz CT molecular complexity index is 986. The van der Waals surface area contributed by atoms with Crippen molar-refractivity contribution in [3.05, 3.63) is 45.1 Å². The quantitative estimate of drug-likeness (QED) is 0.792. The summed E-state index contributed by atoms with van der Waals surface area (Å²) in [6.07, 6.45) is 3.04. The number of rotatable bonds is 4. The van der Waals surface area contributed by atoms with Gasteiger partial charge in [-0.3, -0.25) is 14.3 Å². The summed E-state index contributed by atoms with van der Waals surface area (Å²) < 4.78 is 1.47. The zero-order valence-electron chi connectivity index (χ0n) is 14.7. The highest BCUT2D eigenvalue weighted by Crippen LogP contribution is 2.21. The predicted molar refractivity (Wildman–Crippen MR) is 92.1 cm³/mol. The number of carboxylic acids is 1. The molecule has 1 aliphatic heterocycles. The molecule has 1 atom stereocenters. The van der Waals surface area contributed by atoms with E-state index in [0.29, 0.717) is 30.9 Å². The van der Waals surface area contributed by atoms with Gasteiger partial charge in [0.2, 0.25) is 0 Å². The van der Waals surface area contributed by atoms with Crippen LogP contribution in [-0.4, -0.2) is 55.0 Å². The Kier molecular flexibility index (Phi) is 5.03. The van der Waals surface area contributed by atoms with Crippen molar-refractivity contribution in [2.45, 2.75) is 26.3 Å². The van der Waals surface area contributed by atoms with E-state index in [1.807, 2.05) is 0 Å². The molecule has 1 aliphatic rings. The lowest BCUT2D eigenvalue weighted by molar-refractivity contribution is 0.0657. The van der Waals surface area contributed by atoms with Gasteiger partial charge in [0.25, 0.3) is 11.5 Å². The summed E-state index contributed by atoms with van der Waals surface area (Å²) in [6, 6.07) is 3.12. The maximum absolute atomic E-state index is 12.9. The molecule has 0 aromatic carbocycles. The molecule has 0 spiro atoms.